The zero-order valence-electron chi connectivity index (χ0n) is 11.4. The van der Waals surface area contributed by atoms with E-state index in [1.807, 2.05) is 6.92 Å². The smallest absolute Gasteiger partial charge is 0.316 e. The molecule has 5 heteroatoms. The van der Waals surface area contributed by atoms with Gasteiger partial charge in [0.05, 0.1) is 0 Å². The Kier molecular flexibility index (Phi) is 5.36. The molecule has 4 nitrogen and oxygen atoms in total. The number of primary amides is 1. The van der Waals surface area contributed by atoms with Crippen molar-refractivity contribution in [1.82, 2.24) is 0 Å². The summed E-state index contributed by atoms with van der Waals surface area (Å²) in [4.78, 5) is 24.5. The molecule has 2 N–H and O–H groups in total. The molecule has 1 aromatic carbocycles. The van der Waals surface area contributed by atoms with Crippen LogP contribution in [0.15, 0.2) is 18.2 Å². The van der Waals surface area contributed by atoms with Gasteiger partial charge in [-0.15, -0.1) is 0 Å². The highest BCUT2D eigenvalue weighted by Gasteiger charge is 2.22. The molecule has 19 heavy (non-hydrogen) atoms. The van der Waals surface area contributed by atoms with Crippen LogP contribution in [0, 0.1) is 12.8 Å². The summed E-state index contributed by atoms with van der Waals surface area (Å²) in [5.74, 6) is -1.24. The summed E-state index contributed by atoms with van der Waals surface area (Å²) in [7, 11) is 0. The first-order valence-corrected chi connectivity index (χ1v) is 6.58. The third-order valence-electron chi connectivity index (χ3n) is 2.92. The number of rotatable bonds is 4. The number of nitrogens with zero attached hydrogens (tertiary/aromatic N) is 1. The van der Waals surface area contributed by atoms with Crippen LogP contribution < -0.4 is 10.6 Å². The summed E-state index contributed by atoms with van der Waals surface area (Å²) in [6.07, 6.45) is 0.783. The summed E-state index contributed by atoms with van der Waals surface area (Å²) >= 11 is 6.05. The molecule has 0 atom stereocenters. The van der Waals surface area contributed by atoms with Crippen molar-refractivity contribution in [3.8, 4) is 0 Å². The number of benzene rings is 1. The first kappa shape index (κ1) is 15.5. The van der Waals surface area contributed by atoms with E-state index in [1.54, 1.807) is 18.2 Å². The fourth-order valence-corrected chi connectivity index (χ4v) is 1.91. The highest BCUT2D eigenvalue weighted by molar-refractivity contribution is 6.40. The van der Waals surface area contributed by atoms with Crippen LogP contribution in [0.1, 0.15) is 25.8 Å². The van der Waals surface area contributed by atoms with Gasteiger partial charge in [-0.05, 0) is 37.0 Å². The predicted octanol–water partition coefficient (Wildman–Crippen LogP) is 2.51. The number of carbonyl (C=O) groups is 2. The third-order valence-corrected chi connectivity index (χ3v) is 3.33. The van der Waals surface area contributed by atoms with Gasteiger partial charge in [0.1, 0.15) is 0 Å². The highest BCUT2D eigenvalue weighted by atomic mass is 35.5. The van der Waals surface area contributed by atoms with Crippen molar-refractivity contribution in [3.63, 3.8) is 0 Å². The van der Waals surface area contributed by atoms with Gasteiger partial charge < -0.3 is 10.6 Å². The molecule has 0 fully saturated rings. The van der Waals surface area contributed by atoms with Crippen LogP contribution in [-0.4, -0.2) is 18.4 Å². The van der Waals surface area contributed by atoms with Gasteiger partial charge in [0.15, 0.2) is 0 Å². The van der Waals surface area contributed by atoms with Gasteiger partial charge in [-0.1, -0.05) is 31.5 Å². The molecule has 0 saturated heterocycles. The molecule has 2 amide bonds. The van der Waals surface area contributed by atoms with E-state index < -0.39 is 11.8 Å². The van der Waals surface area contributed by atoms with Crippen LogP contribution in [-0.2, 0) is 9.59 Å². The van der Waals surface area contributed by atoms with E-state index in [0.717, 1.165) is 12.0 Å². The molecule has 0 aliphatic heterocycles. The minimum absolute atomic E-state index is 0.419. The summed E-state index contributed by atoms with van der Waals surface area (Å²) in [5, 5.41) is 0.560. The molecule has 0 aromatic heterocycles. The normalized spacial score (nSPS) is 10.6. The largest absolute Gasteiger partial charge is 0.361 e. The second-order valence-corrected chi connectivity index (χ2v) is 5.29. The molecular formula is C14H19ClN2O2. The molecule has 0 aliphatic carbocycles. The van der Waals surface area contributed by atoms with Gasteiger partial charge in [-0.3, -0.25) is 9.59 Å². The fraction of sp³-hybridized carbons (Fsp3) is 0.429. The Bertz CT molecular complexity index is 486. The number of hydrogen-bond acceptors (Lipinski definition) is 2. The molecule has 0 heterocycles. The number of amides is 2. The Morgan fingerprint density at radius 2 is 2.00 bits per heavy atom. The van der Waals surface area contributed by atoms with Gasteiger partial charge >= 0.3 is 11.8 Å². The van der Waals surface area contributed by atoms with Crippen molar-refractivity contribution in [1.29, 1.82) is 0 Å². The lowest BCUT2D eigenvalue weighted by Crippen LogP contribution is -2.41. The molecule has 0 aliphatic rings. The molecular weight excluding hydrogens is 264 g/mol. The molecule has 1 rings (SSSR count). The maximum Gasteiger partial charge on any atom is 0.316 e. The SMILES string of the molecule is Cc1c(Cl)cccc1N(CCC(C)C)C(=O)C(N)=O. The van der Waals surface area contributed by atoms with Gasteiger partial charge in [0.2, 0.25) is 0 Å². The standard InChI is InChI=1S/C14H19ClN2O2/c1-9(2)7-8-17(14(19)13(16)18)12-6-4-5-11(15)10(12)3/h4-6,9H,7-8H2,1-3H3,(H2,16,18). The Morgan fingerprint density at radius 3 is 2.53 bits per heavy atom. The molecule has 0 unspecified atom stereocenters. The van der Waals surface area contributed by atoms with Crippen LogP contribution in [0.3, 0.4) is 0 Å². The number of hydrogen-bond donors (Lipinski definition) is 1. The van der Waals surface area contributed by atoms with Gasteiger partial charge in [0.25, 0.3) is 0 Å². The van der Waals surface area contributed by atoms with Crippen LogP contribution in [0.25, 0.3) is 0 Å². The Hall–Kier alpha value is -1.55. The van der Waals surface area contributed by atoms with Gasteiger partial charge in [-0.2, -0.15) is 0 Å². The lowest BCUT2D eigenvalue weighted by Gasteiger charge is -2.24. The monoisotopic (exact) mass is 282 g/mol. The van der Waals surface area contributed by atoms with Crippen molar-refractivity contribution >= 4 is 29.1 Å². The van der Waals surface area contributed by atoms with Crippen LogP contribution in [0.4, 0.5) is 5.69 Å². The second kappa shape index (κ2) is 6.57. The Labute approximate surface area is 118 Å². The maximum absolute atomic E-state index is 11.9. The van der Waals surface area contributed by atoms with Crippen LogP contribution in [0.2, 0.25) is 5.02 Å². The van der Waals surface area contributed by atoms with Crippen molar-refractivity contribution in [2.24, 2.45) is 11.7 Å². The first-order chi connectivity index (χ1) is 8.84. The van der Waals surface area contributed by atoms with Crippen molar-refractivity contribution in [3.05, 3.63) is 28.8 Å². The highest BCUT2D eigenvalue weighted by Crippen LogP contribution is 2.27. The van der Waals surface area contributed by atoms with Crippen molar-refractivity contribution in [2.75, 3.05) is 11.4 Å². The zero-order valence-corrected chi connectivity index (χ0v) is 12.2. The summed E-state index contributed by atoms with van der Waals surface area (Å²) in [6, 6.07) is 5.26. The third kappa shape index (κ3) is 3.96. The molecule has 0 spiro atoms. The van der Waals surface area contributed by atoms with Gasteiger partial charge in [0, 0.05) is 17.3 Å². The van der Waals surface area contributed by atoms with E-state index in [2.05, 4.69) is 13.8 Å². The van der Waals surface area contributed by atoms with Crippen molar-refractivity contribution in [2.45, 2.75) is 27.2 Å². The Balaban J connectivity index is 3.11. The number of anilines is 1. The Morgan fingerprint density at radius 1 is 1.37 bits per heavy atom. The lowest BCUT2D eigenvalue weighted by atomic mass is 10.1. The van der Waals surface area contributed by atoms with E-state index in [0.29, 0.717) is 23.2 Å². The van der Waals surface area contributed by atoms with E-state index in [-0.39, 0.29) is 0 Å². The van der Waals surface area contributed by atoms with Crippen LogP contribution in [0.5, 0.6) is 0 Å². The van der Waals surface area contributed by atoms with E-state index >= 15 is 0 Å². The summed E-state index contributed by atoms with van der Waals surface area (Å²) in [6.45, 7) is 6.37. The minimum atomic E-state index is -0.955. The fourth-order valence-electron chi connectivity index (χ4n) is 1.74. The molecule has 0 bridgehead atoms. The number of carbonyl (C=O) groups excluding carboxylic acids is 2. The summed E-state index contributed by atoms with van der Waals surface area (Å²) < 4.78 is 0. The van der Waals surface area contributed by atoms with Crippen LogP contribution >= 0.6 is 11.6 Å². The topological polar surface area (TPSA) is 63.4 Å². The molecule has 0 radical (unpaired) electrons. The second-order valence-electron chi connectivity index (χ2n) is 4.89. The molecule has 0 saturated carbocycles. The summed E-state index contributed by atoms with van der Waals surface area (Å²) in [5.41, 5.74) is 6.51. The minimum Gasteiger partial charge on any atom is -0.361 e. The predicted molar refractivity (Wildman–Crippen MR) is 77.2 cm³/mol. The maximum atomic E-state index is 11.9. The van der Waals surface area contributed by atoms with E-state index in [9.17, 15) is 9.59 Å². The molecule has 1 aromatic rings. The first-order valence-electron chi connectivity index (χ1n) is 6.21. The number of nitrogens with two attached hydrogens (primary N) is 1. The van der Waals surface area contributed by atoms with E-state index in [4.69, 9.17) is 17.3 Å². The zero-order chi connectivity index (χ0) is 14.6. The van der Waals surface area contributed by atoms with E-state index in [1.165, 1.54) is 4.90 Å². The quantitative estimate of drug-likeness (QED) is 0.863. The van der Waals surface area contributed by atoms with Crippen molar-refractivity contribution < 1.29 is 9.59 Å². The average molecular weight is 283 g/mol. The average Bonchev–Trinajstić information content (AvgIpc) is 2.33. The number of halogens is 1. The lowest BCUT2D eigenvalue weighted by molar-refractivity contribution is -0.135. The van der Waals surface area contributed by atoms with Gasteiger partial charge in [-0.25, -0.2) is 0 Å². The molecule has 104 valence electrons.